The smallest absolute Gasteiger partial charge is 0.170 e. The SMILES string of the molecule is O[C@H](COc1ccc(Cl)cc1-c1ccno1)CN1CCC2(CC1)Cc1cc(Cl)ccc1O2. The lowest BCUT2D eigenvalue weighted by atomic mass is 9.87. The fraction of sp³-hybridized carbons (Fsp3) is 0.375. The summed E-state index contributed by atoms with van der Waals surface area (Å²) in [6.45, 7) is 2.44. The average Bonchev–Trinajstić information content (AvgIpc) is 3.42. The predicted molar refractivity (Wildman–Crippen MR) is 123 cm³/mol. The molecule has 0 radical (unpaired) electrons. The van der Waals surface area contributed by atoms with Gasteiger partial charge in [0.25, 0.3) is 0 Å². The number of rotatable bonds is 6. The van der Waals surface area contributed by atoms with Crippen LogP contribution in [0.5, 0.6) is 11.5 Å². The zero-order valence-electron chi connectivity index (χ0n) is 17.5. The first-order chi connectivity index (χ1) is 15.5. The molecule has 0 aliphatic carbocycles. The molecule has 1 spiro atoms. The number of aromatic nitrogens is 1. The first kappa shape index (κ1) is 21.6. The maximum absolute atomic E-state index is 10.6. The van der Waals surface area contributed by atoms with Crippen molar-refractivity contribution in [3.63, 3.8) is 0 Å². The van der Waals surface area contributed by atoms with Crippen LogP contribution in [-0.4, -0.2) is 53.1 Å². The van der Waals surface area contributed by atoms with Gasteiger partial charge in [-0.05, 0) is 42.0 Å². The van der Waals surface area contributed by atoms with Crippen molar-refractivity contribution in [2.24, 2.45) is 0 Å². The number of fused-ring (bicyclic) bond motifs is 1. The highest BCUT2D eigenvalue weighted by Gasteiger charge is 2.42. The van der Waals surface area contributed by atoms with Gasteiger partial charge in [-0.3, -0.25) is 0 Å². The Bertz CT molecular complexity index is 1080. The Morgan fingerprint density at radius 2 is 1.88 bits per heavy atom. The third kappa shape index (κ3) is 4.59. The van der Waals surface area contributed by atoms with E-state index in [0.29, 0.717) is 28.6 Å². The number of aliphatic hydroxyl groups is 1. The van der Waals surface area contributed by atoms with E-state index in [0.717, 1.165) is 43.1 Å². The number of likely N-dealkylation sites (tertiary alicyclic amines) is 1. The molecule has 168 valence electrons. The summed E-state index contributed by atoms with van der Waals surface area (Å²) < 4.78 is 17.5. The van der Waals surface area contributed by atoms with Gasteiger partial charge < -0.3 is 24.0 Å². The molecular formula is C24H24Cl2N2O4. The third-order valence-electron chi connectivity index (χ3n) is 6.17. The van der Waals surface area contributed by atoms with Gasteiger partial charge in [0.15, 0.2) is 5.76 Å². The number of β-amino-alcohol motifs (C(OH)–C–C–N with tert-alkyl or cyclic N) is 1. The highest BCUT2D eigenvalue weighted by atomic mass is 35.5. The van der Waals surface area contributed by atoms with Gasteiger partial charge in [0, 0.05) is 55.0 Å². The molecule has 1 N–H and O–H groups in total. The molecule has 5 rings (SSSR count). The zero-order chi connectivity index (χ0) is 22.1. The number of benzene rings is 2. The highest BCUT2D eigenvalue weighted by Crippen LogP contribution is 2.42. The largest absolute Gasteiger partial charge is 0.490 e. The quantitative estimate of drug-likeness (QED) is 0.550. The van der Waals surface area contributed by atoms with Gasteiger partial charge in [-0.25, -0.2) is 0 Å². The summed E-state index contributed by atoms with van der Waals surface area (Å²) in [4.78, 5) is 2.26. The van der Waals surface area contributed by atoms with Crippen molar-refractivity contribution in [3.05, 3.63) is 64.3 Å². The minimum Gasteiger partial charge on any atom is -0.490 e. The van der Waals surface area contributed by atoms with Crippen LogP contribution in [-0.2, 0) is 6.42 Å². The molecule has 3 heterocycles. The highest BCUT2D eigenvalue weighted by molar-refractivity contribution is 6.31. The molecule has 1 saturated heterocycles. The van der Waals surface area contributed by atoms with E-state index in [9.17, 15) is 5.11 Å². The van der Waals surface area contributed by atoms with Crippen molar-refractivity contribution in [2.75, 3.05) is 26.2 Å². The van der Waals surface area contributed by atoms with Crippen LogP contribution < -0.4 is 9.47 Å². The fourth-order valence-electron chi connectivity index (χ4n) is 4.54. The molecular weight excluding hydrogens is 451 g/mol. The van der Waals surface area contributed by atoms with Crippen molar-refractivity contribution in [1.29, 1.82) is 0 Å². The molecule has 0 bridgehead atoms. The zero-order valence-corrected chi connectivity index (χ0v) is 19.0. The van der Waals surface area contributed by atoms with Gasteiger partial charge in [-0.15, -0.1) is 0 Å². The Morgan fingerprint density at radius 3 is 2.66 bits per heavy atom. The maximum atomic E-state index is 10.6. The summed E-state index contributed by atoms with van der Waals surface area (Å²) in [6, 6.07) is 12.9. The van der Waals surface area contributed by atoms with Crippen LogP contribution in [0.3, 0.4) is 0 Å². The van der Waals surface area contributed by atoms with Gasteiger partial charge >= 0.3 is 0 Å². The Hall–Kier alpha value is -2.25. The summed E-state index contributed by atoms with van der Waals surface area (Å²) in [6.07, 6.45) is 3.67. The van der Waals surface area contributed by atoms with E-state index in [1.807, 2.05) is 18.2 Å². The van der Waals surface area contributed by atoms with E-state index in [4.69, 9.17) is 37.2 Å². The van der Waals surface area contributed by atoms with E-state index in [1.165, 1.54) is 5.56 Å². The topological polar surface area (TPSA) is 68.0 Å². The van der Waals surface area contributed by atoms with E-state index < -0.39 is 6.10 Å². The molecule has 0 saturated carbocycles. The van der Waals surface area contributed by atoms with E-state index in [-0.39, 0.29) is 12.2 Å². The minimum atomic E-state index is -0.622. The molecule has 0 amide bonds. The van der Waals surface area contributed by atoms with Gasteiger partial charge in [-0.2, -0.15) is 0 Å². The molecule has 32 heavy (non-hydrogen) atoms. The molecule has 0 unspecified atom stereocenters. The molecule has 1 atom stereocenters. The number of hydrogen-bond acceptors (Lipinski definition) is 6. The molecule has 8 heteroatoms. The molecule has 1 fully saturated rings. The Labute approximate surface area is 196 Å². The Kier molecular flexibility index (Phi) is 6.03. The van der Waals surface area contributed by atoms with Crippen LogP contribution in [0.1, 0.15) is 18.4 Å². The fourth-order valence-corrected chi connectivity index (χ4v) is 4.90. The third-order valence-corrected chi connectivity index (χ3v) is 6.64. The van der Waals surface area contributed by atoms with Gasteiger partial charge in [0.2, 0.25) is 0 Å². The maximum Gasteiger partial charge on any atom is 0.170 e. The van der Waals surface area contributed by atoms with Gasteiger partial charge in [-0.1, -0.05) is 28.4 Å². The van der Waals surface area contributed by atoms with Crippen molar-refractivity contribution in [1.82, 2.24) is 10.1 Å². The average molecular weight is 475 g/mol. The number of aliphatic hydroxyl groups excluding tert-OH is 1. The lowest BCUT2D eigenvalue weighted by Crippen LogP contribution is -2.49. The van der Waals surface area contributed by atoms with Crippen molar-refractivity contribution in [2.45, 2.75) is 31.0 Å². The number of halogens is 2. The Balaban J connectivity index is 1.14. The monoisotopic (exact) mass is 474 g/mol. The number of piperidine rings is 1. The van der Waals surface area contributed by atoms with E-state index in [2.05, 4.69) is 10.1 Å². The summed E-state index contributed by atoms with van der Waals surface area (Å²) in [5.41, 5.74) is 1.74. The molecule has 2 aliphatic rings. The van der Waals surface area contributed by atoms with Crippen molar-refractivity contribution in [3.8, 4) is 22.8 Å². The summed E-state index contributed by atoms with van der Waals surface area (Å²) in [5.74, 6) is 2.11. The second kappa shape index (κ2) is 8.94. The Morgan fingerprint density at radius 1 is 1.09 bits per heavy atom. The van der Waals surface area contributed by atoms with Gasteiger partial charge in [0.1, 0.15) is 29.8 Å². The summed E-state index contributed by atoms with van der Waals surface area (Å²) in [5, 5.41) is 15.7. The molecule has 2 aromatic carbocycles. The number of nitrogens with zero attached hydrogens (tertiary/aromatic N) is 2. The second-order valence-electron chi connectivity index (χ2n) is 8.50. The van der Waals surface area contributed by atoms with Crippen LogP contribution in [0.4, 0.5) is 0 Å². The van der Waals surface area contributed by atoms with E-state index in [1.54, 1.807) is 30.5 Å². The van der Waals surface area contributed by atoms with E-state index >= 15 is 0 Å². The van der Waals surface area contributed by atoms with Crippen LogP contribution in [0.15, 0.2) is 53.2 Å². The van der Waals surface area contributed by atoms with Crippen LogP contribution in [0, 0.1) is 0 Å². The standard InChI is InChI=1S/C24H24Cl2N2O4/c25-17-1-3-21-16(11-17)13-24(31-21)6-9-28(10-7-24)14-19(29)15-30-22-4-2-18(26)12-20(22)23-5-8-27-32-23/h1-5,8,11-12,19,29H,6-7,9-10,13-15H2/t19-/m0/s1. The number of ether oxygens (including phenoxy) is 2. The predicted octanol–water partition coefficient (Wildman–Crippen LogP) is 4.86. The van der Waals surface area contributed by atoms with Crippen LogP contribution in [0.2, 0.25) is 10.0 Å². The van der Waals surface area contributed by atoms with Gasteiger partial charge in [0.05, 0.1) is 11.8 Å². The molecule has 2 aliphatic heterocycles. The minimum absolute atomic E-state index is 0.153. The van der Waals surface area contributed by atoms with Crippen molar-refractivity contribution >= 4 is 23.2 Å². The molecule has 1 aromatic heterocycles. The lowest BCUT2D eigenvalue weighted by Gasteiger charge is -2.39. The number of hydrogen-bond donors (Lipinski definition) is 1. The normalized spacial score (nSPS) is 18.3. The summed E-state index contributed by atoms with van der Waals surface area (Å²) >= 11 is 12.3. The van der Waals surface area contributed by atoms with Crippen LogP contribution in [0.25, 0.3) is 11.3 Å². The molecule has 6 nitrogen and oxygen atoms in total. The molecule has 3 aromatic rings. The second-order valence-corrected chi connectivity index (χ2v) is 9.37. The first-order valence-electron chi connectivity index (χ1n) is 10.7. The van der Waals surface area contributed by atoms with Crippen molar-refractivity contribution < 1.29 is 19.1 Å². The lowest BCUT2D eigenvalue weighted by molar-refractivity contribution is -0.00192. The first-order valence-corrected chi connectivity index (χ1v) is 11.5. The summed E-state index contributed by atoms with van der Waals surface area (Å²) in [7, 11) is 0. The van der Waals surface area contributed by atoms with Crippen LogP contribution >= 0.6 is 23.2 Å².